The van der Waals surface area contributed by atoms with Gasteiger partial charge in [0, 0.05) is 12.6 Å². The minimum absolute atomic E-state index is 0.273. The lowest BCUT2D eigenvalue weighted by Crippen LogP contribution is -2.07. The maximum absolute atomic E-state index is 13.2. The molecular formula is C14H17BrFN3O. The Labute approximate surface area is 125 Å². The fraction of sp³-hybridized carbons (Fsp3) is 0.357. The molecule has 0 atom stereocenters. The van der Waals surface area contributed by atoms with Crippen LogP contribution in [0.3, 0.4) is 0 Å². The van der Waals surface area contributed by atoms with E-state index in [-0.39, 0.29) is 5.69 Å². The highest BCUT2D eigenvalue weighted by Gasteiger charge is 2.11. The van der Waals surface area contributed by atoms with Crippen LogP contribution in [0.4, 0.5) is 10.1 Å². The zero-order valence-electron chi connectivity index (χ0n) is 11.5. The number of rotatable bonds is 5. The van der Waals surface area contributed by atoms with Crippen LogP contribution in [-0.4, -0.2) is 9.78 Å². The number of aryl methyl sites for hydroxylation is 2. The van der Waals surface area contributed by atoms with E-state index in [0.717, 1.165) is 24.4 Å². The van der Waals surface area contributed by atoms with E-state index in [2.05, 4.69) is 28.0 Å². The molecule has 1 aromatic heterocycles. The number of nitrogen functional groups attached to an aromatic ring is 1. The van der Waals surface area contributed by atoms with E-state index >= 15 is 0 Å². The van der Waals surface area contributed by atoms with Crippen molar-refractivity contribution in [2.45, 2.75) is 33.4 Å². The molecule has 0 saturated carbocycles. The predicted octanol–water partition coefficient (Wildman–Crippen LogP) is 3.53. The summed E-state index contributed by atoms with van der Waals surface area (Å²) in [6, 6.07) is 4.59. The van der Waals surface area contributed by atoms with Gasteiger partial charge in [-0.3, -0.25) is 4.68 Å². The maximum Gasteiger partial charge on any atom is 0.157 e. The number of nitrogens with two attached hydrogens (primary N) is 1. The van der Waals surface area contributed by atoms with E-state index in [1.54, 1.807) is 0 Å². The van der Waals surface area contributed by atoms with Gasteiger partial charge < -0.3 is 10.5 Å². The van der Waals surface area contributed by atoms with Crippen LogP contribution in [0.5, 0.6) is 5.75 Å². The van der Waals surface area contributed by atoms with Gasteiger partial charge in [-0.15, -0.1) is 0 Å². The summed E-state index contributed by atoms with van der Waals surface area (Å²) >= 11 is 3.26. The molecule has 0 aliphatic rings. The molecule has 0 spiro atoms. The standard InChI is InChI=1S/C14H17BrFN3O/c1-3-10-7-11(19(4-2)18-10)8-20-14-12(15)5-9(16)6-13(14)17/h5-7H,3-4,8,17H2,1-2H3. The van der Waals surface area contributed by atoms with Crippen molar-refractivity contribution in [3.8, 4) is 5.75 Å². The van der Waals surface area contributed by atoms with Crippen LogP contribution in [0.2, 0.25) is 0 Å². The van der Waals surface area contributed by atoms with Crippen molar-refractivity contribution in [2.24, 2.45) is 0 Å². The van der Waals surface area contributed by atoms with Gasteiger partial charge in [0.25, 0.3) is 0 Å². The van der Waals surface area contributed by atoms with E-state index in [0.29, 0.717) is 16.8 Å². The van der Waals surface area contributed by atoms with E-state index in [9.17, 15) is 4.39 Å². The average molecular weight is 342 g/mol. The van der Waals surface area contributed by atoms with Crippen LogP contribution < -0.4 is 10.5 Å². The third kappa shape index (κ3) is 3.12. The topological polar surface area (TPSA) is 53.1 Å². The Morgan fingerprint density at radius 2 is 2.10 bits per heavy atom. The Balaban J connectivity index is 2.18. The summed E-state index contributed by atoms with van der Waals surface area (Å²) in [5.41, 5.74) is 8.04. The summed E-state index contributed by atoms with van der Waals surface area (Å²) in [5.74, 6) is 0.0573. The molecule has 1 heterocycles. The first-order chi connectivity index (χ1) is 9.55. The molecule has 0 aliphatic carbocycles. The zero-order chi connectivity index (χ0) is 14.7. The monoisotopic (exact) mass is 341 g/mol. The highest BCUT2D eigenvalue weighted by molar-refractivity contribution is 9.10. The fourth-order valence-electron chi connectivity index (χ4n) is 1.96. The molecule has 0 fully saturated rings. The van der Waals surface area contributed by atoms with E-state index in [1.165, 1.54) is 12.1 Å². The van der Waals surface area contributed by atoms with Crippen LogP contribution in [-0.2, 0) is 19.6 Å². The molecule has 2 rings (SSSR count). The Morgan fingerprint density at radius 1 is 1.35 bits per heavy atom. The number of anilines is 1. The van der Waals surface area contributed by atoms with Gasteiger partial charge in [-0.1, -0.05) is 6.92 Å². The van der Waals surface area contributed by atoms with Crippen molar-refractivity contribution >= 4 is 21.6 Å². The second-order valence-corrected chi connectivity index (χ2v) is 5.25. The molecule has 2 aromatic rings. The van der Waals surface area contributed by atoms with Gasteiger partial charge in [-0.05, 0) is 41.4 Å². The Bertz CT molecular complexity index is 589. The molecule has 1 aromatic carbocycles. The largest absolute Gasteiger partial charge is 0.484 e. The van der Waals surface area contributed by atoms with Crippen molar-refractivity contribution in [1.29, 1.82) is 0 Å². The number of hydrogen-bond donors (Lipinski definition) is 1. The zero-order valence-corrected chi connectivity index (χ0v) is 13.1. The lowest BCUT2D eigenvalue weighted by Gasteiger charge is -2.11. The molecule has 0 unspecified atom stereocenters. The second-order valence-electron chi connectivity index (χ2n) is 4.39. The van der Waals surface area contributed by atoms with Crippen molar-refractivity contribution in [1.82, 2.24) is 9.78 Å². The first-order valence-electron chi connectivity index (χ1n) is 6.48. The quantitative estimate of drug-likeness (QED) is 0.846. The smallest absolute Gasteiger partial charge is 0.157 e. The van der Waals surface area contributed by atoms with Gasteiger partial charge in [-0.2, -0.15) is 5.10 Å². The van der Waals surface area contributed by atoms with Gasteiger partial charge in [-0.25, -0.2) is 4.39 Å². The SMILES string of the molecule is CCc1cc(COc2c(N)cc(F)cc2Br)n(CC)n1. The predicted molar refractivity (Wildman–Crippen MR) is 80.1 cm³/mol. The molecule has 108 valence electrons. The normalized spacial score (nSPS) is 10.8. The highest BCUT2D eigenvalue weighted by Crippen LogP contribution is 2.33. The number of nitrogens with zero attached hydrogens (tertiary/aromatic N) is 2. The molecule has 4 nitrogen and oxygen atoms in total. The lowest BCUT2D eigenvalue weighted by molar-refractivity contribution is 0.292. The summed E-state index contributed by atoms with van der Waals surface area (Å²) in [4.78, 5) is 0. The highest BCUT2D eigenvalue weighted by atomic mass is 79.9. The molecule has 0 radical (unpaired) electrons. The maximum atomic E-state index is 13.2. The molecule has 0 aliphatic heterocycles. The van der Waals surface area contributed by atoms with Crippen LogP contribution in [0, 0.1) is 5.82 Å². The lowest BCUT2D eigenvalue weighted by atomic mass is 10.3. The minimum atomic E-state index is -0.395. The van der Waals surface area contributed by atoms with Crippen LogP contribution in [0.25, 0.3) is 0 Å². The first-order valence-corrected chi connectivity index (χ1v) is 7.27. The summed E-state index contributed by atoms with van der Waals surface area (Å²) in [6.07, 6.45) is 0.877. The van der Waals surface area contributed by atoms with E-state index in [4.69, 9.17) is 10.5 Å². The van der Waals surface area contributed by atoms with Crippen molar-refractivity contribution < 1.29 is 9.13 Å². The minimum Gasteiger partial charge on any atom is -0.484 e. The van der Waals surface area contributed by atoms with Crippen LogP contribution >= 0.6 is 15.9 Å². The Morgan fingerprint density at radius 3 is 2.70 bits per heavy atom. The molecular weight excluding hydrogens is 325 g/mol. The third-order valence-electron chi connectivity index (χ3n) is 2.98. The fourth-order valence-corrected chi connectivity index (χ4v) is 2.52. The summed E-state index contributed by atoms with van der Waals surface area (Å²) in [7, 11) is 0. The molecule has 0 amide bonds. The van der Waals surface area contributed by atoms with Crippen molar-refractivity contribution in [3.63, 3.8) is 0 Å². The van der Waals surface area contributed by atoms with Crippen LogP contribution in [0.1, 0.15) is 25.2 Å². The third-order valence-corrected chi connectivity index (χ3v) is 3.57. The Hall–Kier alpha value is -1.56. The van der Waals surface area contributed by atoms with Gasteiger partial charge in [0.15, 0.2) is 5.75 Å². The summed E-state index contributed by atoms with van der Waals surface area (Å²) in [5, 5.41) is 4.45. The number of benzene rings is 1. The van der Waals surface area contributed by atoms with Crippen molar-refractivity contribution in [2.75, 3.05) is 5.73 Å². The second kappa shape index (κ2) is 6.26. The van der Waals surface area contributed by atoms with Gasteiger partial charge in [0.1, 0.15) is 12.4 Å². The first kappa shape index (κ1) is 14.8. The van der Waals surface area contributed by atoms with E-state index < -0.39 is 5.82 Å². The van der Waals surface area contributed by atoms with Gasteiger partial charge in [0.2, 0.25) is 0 Å². The van der Waals surface area contributed by atoms with E-state index in [1.807, 2.05) is 17.7 Å². The van der Waals surface area contributed by atoms with Crippen molar-refractivity contribution in [3.05, 3.63) is 39.9 Å². The molecule has 0 saturated heterocycles. The van der Waals surface area contributed by atoms with Crippen LogP contribution in [0.15, 0.2) is 22.7 Å². The molecule has 20 heavy (non-hydrogen) atoms. The van der Waals surface area contributed by atoms with Gasteiger partial charge >= 0.3 is 0 Å². The molecule has 6 heteroatoms. The summed E-state index contributed by atoms with van der Waals surface area (Å²) < 4.78 is 21.3. The summed E-state index contributed by atoms with van der Waals surface area (Å²) in [6.45, 7) is 5.20. The number of aromatic nitrogens is 2. The number of hydrogen-bond acceptors (Lipinski definition) is 3. The van der Waals surface area contributed by atoms with Gasteiger partial charge in [0.05, 0.1) is 21.5 Å². The number of halogens is 2. The Kier molecular flexibility index (Phi) is 4.65. The molecule has 2 N–H and O–H groups in total. The molecule has 0 bridgehead atoms. The average Bonchev–Trinajstić information content (AvgIpc) is 2.80. The number of ether oxygens (including phenoxy) is 1.